The molecule has 1 amide bonds. The summed E-state index contributed by atoms with van der Waals surface area (Å²) < 4.78 is 7.04. The number of nitrogens with one attached hydrogen (secondary N) is 1. The minimum absolute atomic E-state index is 0.182. The molecule has 1 heterocycles. The Morgan fingerprint density at radius 1 is 1.21 bits per heavy atom. The molecule has 0 aliphatic heterocycles. The van der Waals surface area contributed by atoms with E-state index in [1.165, 1.54) is 5.56 Å². The van der Waals surface area contributed by atoms with Gasteiger partial charge in [0.25, 0.3) is 5.91 Å². The molecule has 5 heteroatoms. The zero-order valence-corrected chi connectivity index (χ0v) is 13.7. The van der Waals surface area contributed by atoms with Crippen LogP contribution in [-0.4, -0.2) is 22.8 Å². The molecule has 3 rings (SSSR count). The SMILES string of the molecule is COc1ccc(NC(=O)c2cnn(C)c2)cc1Cc1ccccc1. The van der Waals surface area contributed by atoms with Gasteiger partial charge in [-0.1, -0.05) is 30.3 Å². The van der Waals surface area contributed by atoms with Gasteiger partial charge < -0.3 is 10.1 Å². The number of carbonyl (C=O) groups is 1. The molecule has 1 aromatic heterocycles. The number of ether oxygens (including phenoxy) is 1. The summed E-state index contributed by atoms with van der Waals surface area (Å²) in [6, 6.07) is 15.8. The molecule has 3 aromatic rings. The Hall–Kier alpha value is -3.08. The van der Waals surface area contributed by atoms with Gasteiger partial charge in [0, 0.05) is 30.9 Å². The zero-order chi connectivity index (χ0) is 16.9. The van der Waals surface area contributed by atoms with Crippen molar-refractivity contribution in [2.45, 2.75) is 6.42 Å². The molecule has 0 aliphatic rings. The molecule has 0 atom stereocenters. The van der Waals surface area contributed by atoms with E-state index in [4.69, 9.17) is 4.74 Å². The van der Waals surface area contributed by atoms with Crippen LogP contribution in [0.2, 0.25) is 0 Å². The lowest BCUT2D eigenvalue weighted by molar-refractivity contribution is 0.102. The van der Waals surface area contributed by atoms with E-state index < -0.39 is 0 Å². The monoisotopic (exact) mass is 321 g/mol. The van der Waals surface area contributed by atoms with Gasteiger partial charge in [0.15, 0.2) is 0 Å². The first kappa shape index (κ1) is 15.8. The summed E-state index contributed by atoms with van der Waals surface area (Å²) in [6.07, 6.45) is 3.97. The van der Waals surface area contributed by atoms with E-state index in [0.717, 1.165) is 23.4 Å². The van der Waals surface area contributed by atoms with E-state index >= 15 is 0 Å². The second kappa shape index (κ2) is 7.00. The normalized spacial score (nSPS) is 10.4. The molecule has 0 fully saturated rings. The number of carbonyl (C=O) groups excluding carboxylic acids is 1. The van der Waals surface area contributed by atoms with E-state index in [1.807, 2.05) is 36.4 Å². The molecular formula is C19H19N3O2. The predicted molar refractivity (Wildman–Crippen MR) is 93.4 cm³/mol. The van der Waals surface area contributed by atoms with Crippen LogP contribution in [0.15, 0.2) is 60.9 Å². The topological polar surface area (TPSA) is 56.1 Å². The van der Waals surface area contributed by atoms with Crippen LogP contribution >= 0.6 is 0 Å². The lowest BCUT2D eigenvalue weighted by Crippen LogP contribution is -2.11. The number of methoxy groups -OCH3 is 1. The molecule has 122 valence electrons. The summed E-state index contributed by atoms with van der Waals surface area (Å²) in [4.78, 5) is 12.3. The highest BCUT2D eigenvalue weighted by atomic mass is 16.5. The van der Waals surface area contributed by atoms with Crippen LogP contribution in [0.3, 0.4) is 0 Å². The minimum atomic E-state index is -0.182. The molecule has 24 heavy (non-hydrogen) atoms. The standard InChI is InChI=1S/C19H19N3O2/c1-22-13-16(12-20-22)19(23)21-17-8-9-18(24-2)15(11-17)10-14-6-4-3-5-7-14/h3-9,11-13H,10H2,1-2H3,(H,21,23). The summed E-state index contributed by atoms with van der Waals surface area (Å²) in [6.45, 7) is 0. The van der Waals surface area contributed by atoms with Gasteiger partial charge in [-0.3, -0.25) is 9.48 Å². The third-order valence-corrected chi connectivity index (χ3v) is 3.74. The second-order valence-corrected chi connectivity index (χ2v) is 5.55. The third kappa shape index (κ3) is 3.63. The average Bonchev–Trinajstić information content (AvgIpc) is 3.03. The fourth-order valence-electron chi connectivity index (χ4n) is 2.55. The van der Waals surface area contributed by atoms with E-state index in [1.54, 1.807) is 31.2 Å². The molecule has 0 bridgehead atoms. The summed E-state index contributed by atoms with van der Waals surface area (Å²) in [5.74, 6) is 0.622. The molecule has 1 N–H and O–H groups in total. The lowest BCUT2D eigenvalue weighted by Gasteiger charge is -2.12. The van der Waals surface area contributed by atoms with Crippen LogP contribution in [0.25, 0.3) is 0 Å². The quantitative estimate of drug-likeness (QED) is 0.784. The van der Waals surface area contributed by atoms with E-state index in [9.17, 15) is 4.79 Å². The van der Waals surface area contributed by atoms with Crippen LogP contribution in [-0.2, 0) is 13.5 Å². The molecular weight excluding hydrogens is 302 g/mol. The highest BCUT2D eigenvalue weighted by molar-refractivity contribution is 6.04. The highest BCUT2D eigenvalue weighted by Crippen LogP contribution is 2.25. The Morgan fingerprint density at radius 3 is 2.67 bits per heavy atom. The van der Waals surface area contributed by atoms with Gasteiger partial charge in [0.1, 0.15) is 5.75 Å². The van der Waals surface area contributed by atoms with Gasteiger partial charge in [-0.15, -0.1) is 0 Å². The third-order valence-electron chi connectivity index (χ3n) is 3.74. The van der Waals surface area contributed by atoms with Crippen LogP contribution < -0.4 is 10.1 Å². The number of aromatic nitrogens is 2. The molecule has 5 nitrogen and oxygen atoms in total. The fourth-order valence-corrected chi connectivity index (χ4v) is 2.55. The first-order chi connectivity index (χ1) is 11.7. The van der Waals surface area contributed by atoms with Gasteiger partial charge >= 0.3 is 0 Å². The largest absolute Gasteiger partial charge is 0.496 e. The maximum absolute atomic E-state index is 12.3. The molecule has 0 saturated heterocycles. The van der Waals surface area contributed by atoms with Crippen molar-refractivity contribution in [2.24, 2.45) is 7.05 Å². The Labute approximate surface area is 140 Å². The number of anilines is 1. The van der Waals surface area contributed by atoms with Gasteiger partial charge in [-0.05, 0) is 23.8 Å². The Balaban J connectivity index is 1.82. The zero-order valence-electron chi connectivity index (χ0n) is 13.7. The van der Waals surface area contributed by atoms with Crippen molar-refractivity contribution in [3.8, 4) is 5.75 Å². The number of nitrogens with zero attached hydrogens (tertiary/aromatic N) is 2. The summed E-state index contributed by atoms with van der Waals surface area (Å²) >= 11 is 0. The molecule has 0 aliphatic carbocycles. The average molecular weight is 321 g/mol. The first-order valence-electron chi connectivity index (χ1n) is 7.66. The summed E-state index contributed by atoms with van der Waals surface area (Å²) in [5.41, 5.74) is 3.47. The Bertz CT molecular complexity index is 841. The van der Waals surface area contributed by atoms with Gasteiger partial charge in [0.05, 0.1) is 18.9 Å². The molecule has 2 aromatic carbocycles. The van der Waals surface area contributed by atoms with E-state index in [2.05, 4.69) is 22.5 Å². The Kier molecular flexibility index (Phi) is 4.61. The van der Waals surface area contributed by atoms with Crippen molar-refractivity contribution in [2.75, 3.05) is 12.4 Å². The minimum Gasteiger partial charge on any atom is -0.496 e. The first-order valence-corrected chi connectivity index (χ1v) is 7.66. The van der Waals surface area contributed by atoms with Crippen LogP contribution in [0, 0.1) is 0 Å². The molecule has 0 radical (unpaired) electrons. The van der Waals surface area contributed by atoms with Crippen LogP contribution in [0.4, 0.5) is 5.69 Å². The summed E-state index contributed by atoms with van der Waals surface area (Å²) in [5, 5.41) is 6.92. The summed E-state index contributed by atoms with van der Waals surface area (Å²) in [7, 11) is 3.43. The maximum Gasteiger partial charge on any atom is 0.258 e. The number of benzene rings is 2. The number of hydrogen-bond donors (Lipinski definition) is 1. The predicted octanol–water partition coefficient (Wildman–Crippen LogP) is 3.27. The molecule has 0 unspecified atom stereocenters. The maximum atomic E-state index is 12.3. The lowest BCUT2D eigenvalue weighted by atomic mass is 10.0. The van der Waals surface area contributed by atoms with Crippen LogP contribution in [0.1, 0.15) is 21.5 Å². The van der Waals surface area contributed by atoms with Crippen molar-refractivity contribution in [1.82, 2.24) is 9.78 Å². The number of hydrogen-bond acceptors (Lipinski definition) is 3. The number of amides is 1. The van der Waals surface area contributed by atoms with Crippen molar-refractivity contribution >= 4 is 11.6 Å². The van der Waals surface area contributed by atoms with Crippen molar-refractivity contribution in [1.29, 1.82) is 0 Å². The van der Waals surface area contributed by atoms with E-state index in [0.29, 0.717) is 5.56 Å². The van der Waals surface area contributed by atoms with Crippen LogP contribution in [0.5, 0.6) is 5.75 Å². The van der Waals surface area contributed by atoms with Gasteiger partial charge in [-0.25, -0.2) is 0 Å². The second-order valence-electron chi connectivity index (χ2n) is 5.55. The fraction of sp³-hybridized carbons (Fsp3) is 0.158. The van der Waals surface area contributed by atoms with Gasteiger partial charge in [0.2, 0.25) is 0 Å². The van der Waals surface area contributed by atoms with Crippen molar-refractivity contribution in [3.05, 3.63) is 77.6 Å². The Morgan fingerprint density at radius 2 is 2.00 bits per heavy atom. The van der Waals surface area contributed by atoms with Crippen molar-refractivity contribution in [3.63, 3.8) is 0 Å². The molecule has 0 saturated carbocycles. The number of aryl methyl sites for hydroxylation is 1. The highest BCUT2D eigenvalue weighted by Gasteiger charge is 2.11. The molecule has 0 spiro atoms. The van der Waals surface area contributed by atoms with Crippen molar-refractivity contribution < 1.29 is 9.53 Å². The van der Waals surface area contributed by atoms with E-state index in [-0.39, 0.29) is 5.91 Å². The smallest absolute Gasteiger partial charge is 0.258 e. The van der Waals surface area contributed by atoms with Gasteiger partial charge in [-0.2, -0.15) is 5.10 Å². The number of rotatable bonds is 5.